The first-order valence-electron chi connectivity index (χ1n) is 15.2. The Balaban J connectivity index is 1.93. The van der Waals surface area contributed by atoms with Gasteiger partial charge in [0.2, 0.25) is 0 Å². The minimum atomic E-state index is 0.0404. The van der Waals surface area contributed by atoms with Gasteiger partial charge in [0, 0.05) is 12.8 Å². The zero-order valence-corrected chi connectivity index (χ0v) is 27.7. The predicted octanol–water partition coefficient (Wildman–Crippen LogP) is 11.0. The fourth-order valence-electron chi connectivity index (χ4n) is 5.28. The van der Waals surface area contributed by atoms with Crippen LogP contribution in [0.5, 0.6) is 0 Å². The summed E-state index contributed by atoms with van der Waals surface area (Å²) in [5.74, 6) is 0.542. The van der Waals surface area contributed by atoms with Crippen molar-refractivity contribution >= 4 is 11.6 Å². The molecule has 0 amide bonds. The van der Waals surface area contributed by atoms with Gasteiger partial charge in [-0.15, -0.1) is 0 Å². The molecule has 2 aliphatic rings. The third kappa shape index (κ3) is 10.7. The summed E-state index contributed by atoms with van der Waals surface area (Å²) in [5, 5.41) is 0. The molecule has 2 heteroatoms. The summed E-state index contributed by atoms with van der Waals surface area (Å²) in [6.07, 6.45) is 32.4. The topological polar surface area (TPSA) is 34.1 Å². The number of carbonyl (C=O) groups is 2. The number of hydrogen-bond donors (Lipinski definition) is 0. The average molecular weight is 565 g/mol. The first-order valence-corrected chi connectivity index (χ1v) is 15.2. The second-order valence-electron chi connectivity index (χ2n) is 13.1. The molecule has 0 radical (unpaired) electrons. The minimum Gasteiger partial charge on any atom is -0.295 e. The van der Waals surface area contributed by atoms with Crippen molar-refractivity contribution in [2.45, 2.75) is 94.9 Å². The molecule has 0 unspecified atom stereocenters. The van der Waals surface area contributed by atoms with Crippen LogP contribution in [0.3, 0.4) is 0 Å². The lowest BCUT2D eigenvalue weighted by atomic mass is 9.72. The van der Waals surface area contributed by atoms with Crippen LogP contribution in [0.25, 0.3) is 0 Å². The van der Waals surface area contributed by atoms with Gasteiger partial charge in [-0.05, 0) is 87.5 Å². The van der Waals surface area contributed by atoms with Crippen molar-refractivity contribution in [1.29, 1.82) is 0 Å². The van der Waals surface area contributed by atoms with Crippen molar-refractivity contribution in [2.75, 3.05) is 0 Å². The number of hydrogen-bond acceptors (Lipinski definition) is 2. The van der Waals surface area contributed by atoms with Crippen LogP contribution in [-0.4, -0.2) is 11.6 Å². The Labute approximate surface area is 256 Å². The van der Waals surface area contributed by atoms with Crippen LogP contribution in [-0.2, 0) is 9.59 Å². The van der Waals surface area contributed by atoms with Crippen molar-refractivity contribution in [3.63, 3.8) is 0 Å². The molecule has 0 spiro atoms. The van der Waals surface area contributed by atoms with E-state index >= 15 is 0 Å². The van der Waals surface area contributed by atoms with Gasteiger partial charge in [0.05, 0.1) is 0 Å². The lowest BCUT2D eigenvalue weighted by Gasteiger charge is -2.32. The standard InChI is InChI=1S/C40H52O2/c1-29(17-13-19-31(3)21-23-35-33(5)37(41)25-27-39(35,7)8)15-11-12-16-30(2)18-14-20-32(4)22-24-36-34(6)38(42)26-28-40(36,9)10/h11-24H,25-28H2,1-10H3/b12-11+,17-13+,18-14?,23-21+,24-22?,29-15+,30-16?,31-19+,32-20?. The molecule has 0 fully saturated rings. The van der Waals surface area contributed by atoms with Crippen LogP contribution >= 0.6 is 0 Å². The zero-order valence-electron chi connectivity index (χ0n) is 27.7. The van der Waals surface area contributed by atoms with Gasteiger partial charge in [-0.3, -0.25) is 9.59 Å². The van der Waals surface area contributed by atoms with E-state index in [1.54, 1.807) is 0 Å². The number of rotatable bonds is 10. The normalized spacial score (nSPS) is 21.6. The fraction of sp³-hybridized carbons (Fsp3) is 0.400. The highest BCUT2D eigenvalue weighted by Crippen LogP contribution is 2.40. The molecule has 0 saturated carbocycles. The van der Waals surface area contributed by atoms with Gasteiger partial charge < -0.3 is 0 Å². The van der Waals surface area contributed by atoms with Gasteiger partial charge >= 0.3 is 0 Å². The molecule has 0 saturated heterocycles. The van der Waals surface area contributed by atoms with E-state index in [9.17, 15) is 9.59 Å². The molecule has 0 aromatic heterocycles. The smallest absolute Gasteiger partial charge is 0.158 e. The summed E-state index contributed by atoms with van der Waals surface area (Å²) in [6, 6.07) is 0. The maximum atomic E-state index is 12.2. The van der Waals surface area contributed by atoms with E-state index in [2.05, 4.69) is 140 Å². The van der Waals surface area contributed by atoms with Gasteiger partial charge in [-0.1, -0.05) is 135 Å². The van der Waals surface area contributed by atoms with Crippen molar-refractivity contribution < 1.29 is 9.59 Å². The fourth-order valence-corrected chi connectivity index (χ4v) is 5.28. The molecule has 2 rings (SSSR count). The SMILES string of the molecule is CC(C=CC1=C(C)C(=O)CCC1(C)C)=CC=CC(C)=C/C=C/C=C(C)/C=C/C=C(C)/C=C/C1=C(C)C(=O)CCC1(C)C. The molecule has 2 nitrogen and oxygen atoms in total. The molecule has 42 heavy (non-hydrogen) atoms. The van der Waals surface area contributed by atoms with Crippen molar-refractivity contribution in [1.82, 2.24) is 0 Å². The molecule has 0 bridgehead atoms. The summed E-state index contributed by atoms with van der Waals surface area (Å²) in [7, 11) is 0. The Hall–Kier alpha value is -3.52. The van der Waals surface area contributed by atoms with Crippen molar-refractivity contribution in [3.05, 3.63) is 130 Å². The van der Waals surface area contributed by atoms with Crippen LogP contribution in [0.2, 0.25) is 0 Å². The number of ketones is 2. The van der Waals surface area contributed by atoms with E-state index in [1.807, 2.05) is 13.8 Å². The Morgan fingerprint density at radius 2 is 0.833 bits per heavy atom. The monoisotopic (exact) mass is 564 g/mol. The molecule has 0 aliphatic heterocycles. The number of allylic oxidation sites excluding steroid dienone is 22. The van der Waals surface area contributed by atoms with E-state index in [1.165, 1.54) is 0 Å². The quantitative estimate of drug-likeness (QED) is 0.247. The molecule has 0 heterocycles. The highest BCUT2D eigenvalue weighted by atomic mass is 16.1. The van der Waals surface area contributed by atoms with Gasteiger partial charge in [-0.2, -0.15) is 0 Å². The highest BCUT2D eigenvalue weighted by molar-refractivity contribution is 5.97. The van der Waals surface area contributed by atoms with E-state index in [-0.39, 0.29) is 22.4 Å². The van der Waals surface area contributed by atoms with Crippen LogP contribution < -0.4 is 0 Å². The van der Waals surface area contributed by atoms with Gasteiger partial charge in [0.15, 0.2) is 11.6 Å². The van der Waals surface area contributed by atoms with Crippen molar-refractivity contribution in [2.24, 2.45) is 10.8 Å². The summed E-state index contributed by atoms with van der Waals surface area (Å²) < 4.78 is 0. The second kappa shape index (κ2) is 15.6. The van der Waals surface area contributed by atoms with Crippen LogP contribution in [0, 0.1) is 10.8 Å². The van der Waals surface area contributed by atoms with Crippen molar-refractivity contribution in [3.8, 4) is 0 Å². The molecule has 0 atom stereocenters. The third-order valence-corrected chi connectivity index (χ3v) is 8.35. The minimum absolute atomic E-state index is 0.0404. The van der Waals surface area contributed by atoms with Gasteiger partial charge in [-0.25, -0.2) is 0 Å². The lowest BCUT2D eigenvalue weighted by Crippen LogP contribution is -2.24. The average Bonchev–Trinajstić information content (AvgIpc) is 2.91. The molecular formula is C40H52O2. The number of carbonyl (C=O) groups excluding carboxylic acids is 2. The Morgan fingerprint density at radius 1 is 0.524 bits per heavy atom. The highest BCUT2D eigenvalue weighted by Gasteiger charge is 2.31. The Bertz CT molecular complexity index is 1270. The summed E-state index contributed by atoms with van der Waals surface area (Å²) in [4.78, 5) is 24.3. The van der Waals surface area contributed by atoms with Crippen LogP contribution in [0.15, 0.2) is 130 Å². The molecule has 224 valence electrons. The van der Waals surface area contributed by atoms with E-state index in [0.29, 0.717) is 12.8 Å². The lowest BCUT2D eigenvalue weighted by molar-refractivity contribution is -0.117. The van der Waals surface area contributed by atoms with Crippen LogP contribution in [0.4, 0.5) is 0 Å². The first-order chi connectivity index (χ1) is 19.6. The first kappa shape index (κ1) is 34.7. The third-order valence-electron chi connectivity index (χ3n) is 8.35. The molecule has 0 aromatic carbocycles. The second-order valence-corrected chi connectivity index (χ2v) is 13.1. The summed E-state index contributed by atoms with van der Waals surface area (Å²) >= 11 is 0. The predicted molar refractivity (Wildman–Crippen MR) is 182 cm³/mol. The Morgan fingerprint density at radius 3 is 1.19 bits per heavy atom. The molecule has 0 N–H and O–H groups in total. The van der Waals surface area contributed by atoms with Gasteiger partial charge in [0.1, 0.15) is 0 Å². The maximum absolute atomic E-state index is 12.2. The largest absolute Gasteiger partial charge is 0.295 e. The molecule has 0 aromatic rings. The van der Waals surface area contributed by atoms with E-state index in [4.69, 9.17) is 0 Å². The Kier molecular flexibility index (Phi) is 12.9. The molecular weight excluding hydrogens is 512 g/mol. The summed E-state index contributed by atoms with van der Waals surface area (Å²) in [5.41, 5.74) is 8.82. The number of Topliss-reactive ketones (excluding diaryl/α,β-unsaturated/α-hetero) is 2. The van der Waals surface area contributed by atoms with Gasteiger partial charge in [0.25, 0.3) is 0 Å². The van der Waals surface area contributed by atoms with E-state index < -0.39 is 0 Å². The summed E-state index contributed by atoms with van der Waals surface area (Å²) in [6.45, 7) is 21.1. The zero-order chi connectivity index (χ0) is 31.5. The van der Waals surface area contributed by atoms with E-state index in [0.717, 1.165) is 57.4 Å². The van der Waals surface area contributed by atoms with Crippen LogP contribution in [0.1, 0.15) is 94.9 Å². The molecule has 2 aliphatic carbocycles. The maximum Gasteiger partial charge on any atom is 0.158 e.